The summed E-state index contributed by atoms with van der Waals surface area (Å²) in [6.45, 7) is 5.93. The molecule has 0 unspecified atom stereocenters. The molecule has 1 saturated heterocycles. The number of sulfonamides is 1. The summed E-state index contributed by atoms with van der Waals surface area (Å²) >= 11 is 0. The van der Waals surface area contributed by atoms with Gasteiger partial charge < -0.3 is 15.5 Å². The van der Waals surface area contributed by atoms with Crippen LogP contribution in [-0.4, -0.2) is 56.8 Å². The second-order valence-corrected chi connectivity index (χ2v) is 11.0. The van der Waals surface area contributed by atoms with Crippen molar-refractivity contribution in [1.82, 2.24) is 9.62 Å². The maximum Gasteiger partial charge on any atom is 0.257 e. The molecule has 2 fully saturated rings. The number of piperidine rings is 1. The molecule has 1 saturated carbocycles. The average Bonchev–Trinajstić information content (AvgIpc) is 3.69. The Morgan fingerprint density at radius 2 is 1.69 bits per heavy atom. The molecule has 1 aliphatic carbocycles. The normalized spacial score (nSPS) is 16.3. The van der Waals surface area contributed by atoms with Crippen LogP contribution in [-0.2, 0) is 10.0 Å². The first kappa shape index (κ1) is 25.2. The molecule has 2 aliphatic rings. The molecule has 4 rings (SSSR count). The Morgan fingerprint density at radius 1 is 0.971 bits per heavy atom. The molecule has 1 aliphatic heterocycles. The first-order chi connectivity index (χ1) is 16.8. The number of hydrogen-bond acceptors (Lipinski definition) is 5. The monoisotopic (exact) mass is 498 g/mol. The first-order valence-corrected chi connectivity index (χ1v) is 13.9. The smallest absolute Gasteiger partial charge is 0.257 e. The zero-order valence-corrected chi connectivity index (χ0v) is 21.2. The van der Waals surface area contributed by atoms with E-state index >= 15 is 0 Å². The Bertz CT molecular complexity index is 1180. The third-order valence-electron chi connectivity index (χ3n) is 6.55. The van der Waals surface area contributed by atoms with E-state index < -0.39 is 15.9 Å². The predicted molar refractivity (Wildman–Crippen MR) is 137 cm³/mol. The number of benzene rings is 2. The van der Waals surface area contributed by atoms with E-state index in [1.54, 1.807) is 50.2 Å². The van der Waals surface area contributed by atoms with Gasteiger partial charge in [-0.2, -0.15) is 4.31 Å². The van der Waals surface area contributed by atoms with Crippen LogP contribution >= 0.6 is 0 Å². The number of anilines is 2. The minimum Gasteiger partial charge on any atom is -0.371 e. The molecule has 2 aromatic carbocycles. The number of nitrogens with one attached hydrogen (secondary N) is 2. The van der Waals surface area contributed by atoms with Crippen LogP contribution < -0.4 is 15.5 Å². The lowest BCUT2D eigenvalue weighted by molar-refractivity contribution is 0.0949. The van der Waals surface area contributed by atoms with Crippen molar-refractivity contribution in [3.63, 3.8) is 0 Å². The number of amides is 2. The molecule has 0 radical (unpaired) electrons. The fourth-order valence-electron chi connectivity index (χ4n) is 4.41. The van der Waals surface area contributed by atoms with Crippen molar-refractivity contribution < 1.29 is 18.0 Å². The lowest BCUT2D eigenvalue weighted by atomic mass is 10.1. The highest BCUT2D eigenvalue weighted by Gasteiger charge is 2.27. The predicted octanol–water partition coefficient (Wildman–Crippen LogP) is 3.85. The van der Waals surface area contributed by atoms with Gasteiger partial charge in [0.1, 0.15) is 0 Å². The average molecular weight is 499 g/mol. The van der Waals surface area contributed by atoms with Crippen molar-refractivity contribution in [2.75, 3.05) is 36.4 Å². The first-order valence-electron chi connectivity index (χ1n) is 12.4. The third-order valence-corrected chi connectivity index (χ3v) is 8.59. The number of nitrogens with zero attached hydrogens (tertiary/aromatic N) is 2. The summed E-state index contributed by atoms with van der Waals surface area (Å²) in [5.74, 6) is -0.563. The van der Waals surface area contributed by atoms with E-state index in [2.05, 4.69) is 15.5 Å². The van der Waals surface area contributed by atoms with Gasteiger partial charge in [0.05, 0.1) is 10.5 Å². The van der Waals surface area contributed by atoms with Gasteiger partial charge in [-0.15, -0.1) is 0 Å². The van der Waals surface area contributed by atoms with E-state index in [4.69, 9.17) is 0 Å². The third kappa shape index (κ3) is 5.85. The summed E-state index contributed by atoms with van der Waals surface area (Å²) in [6, 6.07) is 11.9. The van der Waals surface area contributed by atoms with Gasteiger partial charge in [-0.3, -0.25) is 9.59 Å². The molecule has 9 heteroatoms. The van der Waals surface area contributed by atoms with Crippen LogP contribution in [0.25, 0.3) is 0 Å². The summed E-state index contributed by atoms with van der Waals surface area (Å²) in [4.78, 5) is 28.2. The minimum absolute atomic E-state index is 0.102. The maximum atomic E-state index is 13.5. The number of carbonyl (C=O) groups excluding carboxylic acids is 2. The number of carbonyl (C=O) groups is 2. The van der Waals surface area contributed by atoms with Crippen molar-refractivity contribution in [3.05, 3.63) is 53.6 Å². The van der Waals surface area contributed by atoms with Crippen LogP contribution in [0.4, 0.5) is 11.4 Å². The molecule has 8 nitrogen and oxygen atoms in total. The fourth-order valence-corrected chi connectivity index (χ4v) is 5.90. The van der Waals surface area contributed by atoms with Crippen molar-refractivity contribution in [3.8, 4) is 0 Å². The molecule has 2 N–H and O–H groups in total. The van der Waals surface area contributed by atoms with Crippen LogP contribution in [0.2, 0.25) is 0 Å². The van der Waals surface area contributed by atoms with E-state index in [-0.39, 0.29) is 16.8 Å². The van der Waals surface area contributed by atoms with Crippen LogP contribution in [0.1, 0.15) is 66.7 Å². The standard InChI is InChI=1S/C26H34N4O4S/c1-3-30(4-2)35(33,34)22-13-14-24(29-15-6-5-7-16-29)23(18-22)26(32)28-21-10-8-9-19(17-21)25(31)27-20-11-12-20/h8-10,13-14,17-18,20H,3-7,11-12,15-16H2,1-2H3,(H,27,31)(H,28,32). The van der Waals surface area contributed by atoms with Crippen molar-refractivity contribution in [1.29, 1.82) is 0 Å². The van der Waals surface area contributed by atoms with Gasteiger partial charge in [0.2, 0.25) is 10.0 Å². The number of rotatable bonds is 9. The van der Waals surface area contributed by atoms with Crippen LogP contribution in [0.3, 0.4) is 0 Å². The van der Waals surface area contributed by atoms with Crippen molar-refractivity contribution in [2.45, 2.75) is 56.9 Å². The van der Waals surface area contributed by atoms with Crippen molar-refractivity contribution in [2.24, 2.45) is 0 Å². The summed E-state index contributed by atoms with van der Waals surface area (Å²) in [5, 5.41) is 5.83. The molecule has 2 aromatic rings. The summed E-state index contributed by atoms with van der Waals surface area (Å²) in [7, 11) is -3.72. The highest BCUT2D eigenvalue weighted by Crippen LogP contribution is 2.29. The molecule has 35 heavy (non-hydrogen) atoms. The molecule has 0 atom stereocenters. The lowest BCUT2D eigenvalue weighted by Crippen LogP contribution is -2.33. The summed E-state index contributed by atoms with van der Waals surface area (Å²) in [6.07, 6.45) is 5.18. The molecule has 0 aromatic heterocycles. The Hall–Kier alpha value is -2.91. The zero-order chi connectivity index (χ0) is 25.0. The van der Waals surface area contributed by atoms with Gasteiger partial charge in [-0.25, -0.2) is 8.42 Å². The highest BCUT2D eigenvalue weighted by molar-refractivity contribution is 7.89. The number of hydrogen-bond donors (Lipinski definition) is 2. The van der Waals surface area contributed by atoms with Crippen LogP contribution in [0.15, 0.2) is 47.4 Å². The molecule has 188 valence electrons. The summed E-state index contributed by atoms with van der Waals surface area (Å²) < 4.78 is 27.7. The van der Waals surface area contributed by atoms with E-state index in [1.165, 1.54) is 10.4 Å². The molecule has 1 heterocycles. The molecular weight excluding hydrogens is 464 g/mol. The minimum atomic E-state index is -3.72. The zero-order valence-electron chi connectivity index (χ0n) is 20.4. The van der Waals surface area contributed by atoms with E-state index in [9.17, 15) is 18.0 Å². The van der Waals surface area contributed by atoms with E-state index in [1.807, 2.05) is 0 Å². The Labute approximate surface area is 207 Å². The van der Waals surface area contributed by atoms with Gasteiger partial charge in [0.25, 0.3) is 11.8 Å². The van der Waals surface area contributed by atoms with E-state index in [0.717, 1.165) is 50.9 Å². The molecule has 0 bridgehead atoms. The highest BCUT2D eigenvalue weighted by atomic mass is 32.2. The Kier molecular flexibility index (Phi) is 7.76. The van der Waals surface area contributed by atoms with E-state index in [0.29, 0.717) is 29.9 Å². The molecular formula is C26H34N4O4S. The van der Waals surface area contributed by atoms with Gasteiger partial charge in [-0.05, 0) is 68.5 Å². The SMILES string of the molecule is CCN(CC)S(=O)(=O)c1ccc(N2CCCCC2)c(C(=O)Nc2cccc(C(=O)NC3CC3)c2)c1. The van der Waals surface area contributed by atoms with Gasteiger partial charge in [0.15, 0.2) is 0 Å². The Morgan fingerprint density at radius 3 is 2.34 bits per heavy atom. The lowest BCUT2D eigenvalue weighted by Gasteiger charge is -2.31. The molecule has 2 amide bonds. The van der Waals surface area contributed by atoms with Gasteiger partial charge in [-0.1, -0.05) is 19.9 Å². The second kappa shape index (κ2) is 10.8. The summed E-state index contributed by atoms with van der Waals surface area (Å²) in [5.41, 5.74) is 2.00. The van der Waals surface area contributed by atoms with Crippen molar-refractivity contribution >= 4 is 33.2 Å². The largest absolute Gasteiger partial charge is 0.371 e. The quantitative estimate of drug-likeness (QED) is 0.547. The van der Waals surface area contributed by atoms with Crippen LogP contribution in [0.5, 0.6) is 0 Å². The maximum absolute atomic E-state index is 13.5. The Balaban J connectivity index is 1.65. The van der Waals surface area contributed by atoms with Gasteiger partial charge >= 0.3 is 0 Å². The van der Waals surface area contributed by atoms with Gasteiger partial charge in [0, 0.05) is 49.2 Å². The second-order valence-electron chi connectivity index (χ2n) is 9.10. The fraction of sp³-hybridized carbons (Fsp3) is 0.462. The molecule has 0 spiro atoms. The van der Waals surface area contributed by atoms with Crippen LogP contribution in [0, 0.1) is 0 Å². The topological polar surface area (TPSA) is 98.8 Å².